The van der Waals surface area contributed by atoms with E-state index in [1.165, 1.54) is 36.5 Å². The Morgan fingerprint density at radius 1 is 1.47 bits per heavy atom. The summed E-state index contributed by atoms with van der Waals surface area (Å²) in [7, 11) is 0. The molecule has 83 valence electrons. The molecule has 0 aliphatic carbocycles. The van der Waals surface area contributed by atoms with Crippen LogP contribution in [-0.2, 0) is 13.0 Å². The lowest BCUT2D eigenvalue weighted by Crippen LogP contribution is -2.33. The maximum atomic E-state index is 4.28. The van der Waals surface area contributed by atoms with Gasteiger partial charge in [0.1, 0.15) is 0 Å². The van der Waals surface area contributed by atoms with Crippen LogP contribution in [0.25, 0.3) is 0 Å². The number of thiazole rings is 1. The predicted octanol–water partition coefficient (Wildman–Crippen LogP) is 2.74. The molecule has 0 spiro atoms. The van der Waals surface area contributed by atoms with Gasteiger partial charge in [0.2, 0.25) is 0 Å². The van der Waals surface area contributed by atoms with Gasteiger partial charge in [-0.25, -0.2) is 4.98 Å². The zero-order chi connectivity index (χ0) is 10.7. The van der Waals surface area contributed by atoms with Crippen molar-refractivity contribution >= 4 is 11.3 Å². The van der Waals surface area contributed by atoms with Gasteiger partial charge in [-0.2, -0.15) is 0 Å². The van der Waals surface area contributed by atoms with Crippen molar-refractivity contribution in [1.29, 1.82) is 0 Å². The van der Waals surface area contributed by atoms with E-state index in [4.69, 9.17) is 0 Å². The molecular formula is C12H19N2S. The highest BCUT2D eigenvalue weighted by molar-refractivity contribution is 7.09. The van der Waals surface area contributed by atoms with Crippen LogP contribution in [0.15, 0.2) is 0 Å². The maximum absolute atomic E-state index is 4.28. The van der Waals surface area contributed by atoms with E-state index in [9.17, 15) is 0 Å². The van der Waals surface area contributed by atoms with Crippen molar-refractivity contribution in [1.82, 2.24) is 9.88 Å². The quantitative estimate of drug-likeness (QED) is 0.780. The average molecular weight is 223 g/mol. The molecule has 0 amide bonds. The van der Waals surface area contributed by atoms with Gasteiger partial charge in [0, 0.05) is 30.9 Å². The van der Waals surface area contributed by atoms with E-state index in [-0.39, 0.29) is 0 Å². The number of rotatable bonds is 4. The second kappa shape index (κ2) is 5.08. The fourth-order valence-corrected chi connectivity index (χ4v) is 2.97. The number of hydrogen-bond acceptors (Lipinski definition) is 3. The van der Waals surface area contributed by atoms with Gasteiger partial charge in [-0.1, -0.05) is 26.7 Å². The molecule has 0 saturated heterocycles. The Balaban J connectivity index is 1.92. The third-order valence-corrected chi connectivity index (χ3v) is 4.17. The van der Waals surface area contributed by atoms with Crippen LogP contribution in [-0.4, -0.2) is 23.0 Å². The van der Waals surface area contributed by atoms with E-state index in [0.29, 0.717) is 0 Å². The molecule has 0 N–H and O–H groups in total. The number of nitrogens with zero attached hydrogens (tertiary/aromatic N) is 2. The van der Waals surface area contributed by atoms with Gasteiger partial charge in [-0.05, 0) is 5.92 Å². The van der Waals surface area contributed by atoms with E-state index < -0.39 is 0 Å². The summed E-state index contributed by atoms with van der Waals surface area (Å²) < 4.78 is 0. The molecular weight excluding hydrogens is 204 g/mol. The van der Waals surface area contributed by atoms with Gasteiger partial charge in [0.15, 0.2) is 5.51 Å². The zero-order valence-electron chi connectivity index (χ0n) is 9.62. The molecule has 2 rings (SSSR count). The number of fused-ring (bicyclic) bond motifs is 1. The van der Waals surface area contributed by atoms with Gasteiger partial charge in [0.05, 0.1) is 5.69 Å². The van der Waals surface area contributed by atoms with Crippen molar-refractivity contribution in [3.8, 4) is 0 Å². The van der Waals surface area contributed by atoms with Crippen LogP contribution < -0.4 is 0 Å². The molecule has 3 heteroatoms. The van der Waals surface area contributed by atoms with E-state index in [2.05, 4.69) is 29.2 Å². The lowest BCUT2D eigenvalue weighted by atomic mass is 10.0. The monoisotopic (exact) mass is 223 g/mol. The number of hydrogen-bond donors (Lipinski definition) is 0. The summed E-state index contributed by atoms with van der Waals surface area (Å²) in [6.45, 7) is 8.13. The van der Waals surface area contributed by atoms with Crippen LogP contribution >= 0.6 is 11.3 Å². The lowest BCUT2D eigenvalue weighted by molar-refractivity contribution is 0.209. The van der Waals surface area contributed by atoms with Crippen molar-refractivity contribution < 1.29 is 0 Å². The highest BCUT2D eigenvalue weighted by Crippen LogP contribution is 2.22. The largest absolute Gasteiger partial charge is 0.298 e. The summed E-state index contributed by atoms with van der Waals surface area (Å²) in [6.07, 6.45) is 3.72. The normalized spacial score (nSPS) is 17.0. The highest BCUT2D eigenvalue weighted by Gasteiger charge is 2.20. The fraction of sp³-hybridized carbons (Fsp3) is 0.750. The SMILES string of the molecule is CCC(CC)CN1CCc2n[c]sc2C1. The minimum atomic E-state index is 0.864. The predicted molar refractivity (Wildman–Crippen MR) is 64.0 cm³/mol. The molecule has 1 aromatic heterocycles. The summed E-state index contributed by atoms with van der Waals surface area (Å²) in [5.41, 5.74) is 4.30. The van der Waals surface area contributed by atoms with Gasteiger partial charge in [-0.3, -0.25) is 4.90 Å². The van der Waals surface area contributed by atoms with Gasteiger partial charge >= 0.3 is 0 Å². The molecule has 2 heterocycles. The first kappa shape index (κ1) is 11.1. The fourth-order valence-electron chi connectivity index (χ4n) is 2.19. The third kappa shape index (κ3) is 2.58. The summed E-state index contributed by atoms with van der Waals surface area (Å²) in [5.74, 6) is 0.864. The Bertz CT molecular complexity index is 304. The van der Waals surface area contributed by atoms with Crippen molar-refractivity contribution in [2.75, 3.05) is 13.1 Å². The Morgan fingerprint density at radius 2 is 2.27 bits per heavy atom. The van der Waals surface area contributed by atoms with Crippen molar-refractivity contribution in [3.05, 3.63) is 16.1 Å². The third-order valence-electron chi connectivity index (χ3n) is 3.37. The molecule has 0 saturated carbocycles. The molecule has 0 atom stereocenters. The number of aromatic nitrogens is 1. The Kier molecular flexibility index (Phi) is 3.76. The first-order chi connectivity index (χ1) is 7.33. The Hall–Kier alpha value is -0.410. The lowest BCUT2D eigenvalue weighted by Gasteiger charge is -2.29. The topological polar surface area (TPSA) is 16.1 Å². The standard InChI is InChI=1S/C12H19N2S/c1-3-10(4-2)7-14-6-5-11-12(8-14)15-9-13-11/h10H,3-8H2,1-2H3. The minimum absolute atomic E-state index is 0.864. The molecule has 0 bridgehead atoms. The van der Waals surface area contributed by atoms with Gasteiger partial charge in [-0.15, -0.1) is 11.3 Å². The molecule has 1 aliphatic rings. The highest BCUT2D eigenvalue weighted by atomic mass is 32.1. The summed E-state index contributed by atoms with van der Waals surface area (Å²) in [4.78, 5) is 8.29. The van der Waals surface area contributed by atoms with Gasteiger partial charge in [0.25, 0.3) is 0 Å². The molecule has 15 heavy (non-hydrogen) atoms. The summed E-state index contributed by atoms with van der Waals surface area (Å²) in [5, 5.41) is 0. The molecule has 1 aliphatic heterocycles. The van der Waals surface area contributed by atoms with Crippen molar-refractivity contribution in [2.24, 2.45) is 5.92 Å². The van der Waals surface area contributed by atoms with Crippen LogP contribution in [0.3, 0.4) is 0 Å². The van der Waals surface area contributed by atoms with Crippen molar-refractivity contribution in [3.63, 3.8) is 0 Å². The van der Waals surface area contributed by atoms with Gasteiger partial charge < -0.3 is 0 Å². The molecule has 0 fully saturated rings. The molecule has 1 radical (unpaired) electrons. The van der Waals surface area contributed by atoms with Crippen LogP contribution in [0.4, 0.5) is 0 Å². The van der Waals surface area contributed by atoms with Crippen LogP contribution in [0.1, 0.15) is 37.3 Å². The minimum Gasteiger partial charge on any atom is -0.298 e. The summed E-state index contributed by atoms with van der Waals surface area (Å²) in [6, 6.07) is 0. The molecule has 0 unspecified atom stereocenters. The van der Waals surface area contributed by atoms with Crippen LogP contribution in [0.2, 0.25) is 0 Å². The van der Waals surface area contributed by atoms with E-state index in [1.54, 1.807) is 11.3 Å². The first-order valence-electron chi connectivity index (χ1n) is 5.90. The zero-order valence-corrected chi connectivity index (χ0v) is 10.4. The maximum Gasteiger partial charge on any atom is 0.152 e. The first-order valence-corrected chi connectivity index (χ1v) is 6.72. The van der Waals surface area contributed by atoms with E-state index >= 15 is 0 Å². The van der Waals surface area contributed by atoms with Crippen molar-refractivity contribution in [2.45, 2.75) is 39.7 Å². The van der Waals surface area contributed by atoms with Crippen LogP contribution in [0.5, 0.6) is 0 Å². The molecule has 2 nitrogen and oxygen atoms in total. The van der Waals surface area contributed by atoms with Crippen LogP contribution in [0, 0.1) is 11.4 Å². The average Bonchev–Trinajstić information content (AvgIpc) is 2.73. The second-order valence-electron chi connectivity index (χ2n) is 4.34. The second-order valence-corrected chi connectivity index (χ2v) is 5.22. The smallest absolute Gasteiger partial charge is 0.152 e. The Morgan fingerprint density at radius 3 is 3.00 bits per heavy atom. The van der Waals surface area contributed by atoms with E-state index in [1.807, 2.05) is 0 Å². The molecule has 0 aromatic carbocycles. The van der Waals surface area contributed by atoms with E-state index in [0.717, 1.165) is 18.9 Å². The Labute approximate surface area is 96.3 Å². The summed E-state index contributed by atoms with van der Waals surface area (Å²) >= 11 is 1.69. The molecule has 1 aromatic rings.